The highest BCUT2D eigenvalue weighted by Crippen LogP contribution is 2.29. The molecule has 2 heterocycles. The Morgan fingerprint density at radius 1 is 1.54 bits per heavy atom. The first-order valence-electron chi connectivity index (χ1n) is 4.57. The Balaban J connectivity index is 2.34. The van der Waals surface area contributed by atoms with E-state index < -0.39 is 0 Å². The third-order valence-corrected chi connectivity index (χ3v) is 2.86. The Hall–Kier alpha value is -0.930. The topological polar surface area (TPSA) is 45.2 Å². The van der Waals surface area contributed by atoms with Crippen LogP contribution in [0.1, 0.15) is 18.9 Å². The molecule has 1 aliphatic rings. The molecule has 0 amide bonds. The molecule has 0 radical (unpaired) electrons. The van der Waals surface area contributed by atoms with E-state index >= 15 is 0 Å². The molecular formula is C10H14N2O. The largest absolute Gasteiger partial charge is 0.391 e. The SMILES string of the molecule is CC1(c2ccncc2)NCCC1O. The molecule has 0 bridgehead atoms. The fourth-order valence-electron chi connectivity index (χ4n) is 1.87. The quantitative estimate of drug-likeness (QED) is 0.663. The number of rotatable bonds is 1. The Bertz CT molecular complexity index is 288. The van der Waals surface area contributed by atoms with Crippen LogP contribution < -0.4 is 5.32 Å². The van der Waals surface area contributed by atoms with Crippen LogP contribution in [0.2, 0.25) is 0 Å². The number of pyridine rings is 1. The van der Waals surface area contributed by atoms with Gasteiger partial charge in [-0.3, -0.25) is 4.98 Å². The highest BCUT2D eigenvalue weighted by molar-refractivity contribution is 5.24. The number of hydrogen-bond acceptors (Lipinski definition) is 3. The molecule has 0 saturated carbocycles. The van der Waals surface area contributed by atoms with Crippen molar-refractivity contribution in [1.29, 1.82) is 0 Å². The summed E-state index contributed by atoms with van der Waals surface area (Å²) in [6.07, 6.45) is 4.04. The van der Waals surface area contributed by atoms with E-state index in [2.05, 4.69) is 10.3 Å². The number of nitrogens with one attached hydrogen (secondary N) is 1. The molecule has 2 rings (SSSR count). The van der Waals surface area contributed by atoms with Gasteiger partial charge in [0.15, 0.2) is 0 Å². The summed E-state index contributed by atoms with van der Waals surface area (Å²) < 4.78 is 0. The maximum atomic E-state index is 9.82. The summed E-state index contributed by atoms with van der Waals surface area (Å²) in [7, 11) is 0. The second kappa shape index (κ2) is 3.09. The van der Waals surface area contributed by atoms with Gasteiger partial charge in [0.2, 0.25) is 0 Å². The van der Waals surface area contributed by atoms with Gasteiger partial charge < -0.3 is 10.4 Å². The number of aromatic nitrogens is 1. The first-order chi connectivity index (χ1) is 6.23. The van der Waals surface area contributed by atoms with E-state index in [0.717, 1.165) is 18.5 Å². The summed E-state index contributed by atoms with van der Waals surface area (Å²) >= 11 is 0. The number of hydrogen-bond donors (Lipinski definition) is 2. The maximum absolute atomic E-state index is 9.82. The Morgan fingerprint density at radius 3 is 2.77 bits per heavy atom. The van der Waals surface area contributed by atoms with Crippen LogP contribution in [0.5, 0.6) is 0 Å². The maximum Gasteiger partial charge on any atom is 0.0772 e. The fraction of sp³-hybridized carbons (Fsp3) is 0.500. The zero-order valence-corrected chi connectivity index (χ0v) is 7.70. The van der Waals surface area contributed by atoms with Crippen molar-refractivity contribution in [2.24, 2.45) is 0 Å². The molecule has 1 aromatic rings. The molecule has 3 nitrogen and oxygen atoms in total. The van der Waals surface area contributed by atoms with E-state index in [1.54, 1.807) is 12.4 Å². The Labute approximate surface area is 77.8 Å². The minimum Gasteiger partial charge on any atom is -0.391 e. The summed E-state index contributed by atoms with van der Waals surface area (Å²) in [4.78, 5) is 3.96. The van der Waals surface area contributed by atoms with Crippen molar-refractivity contribution < 1.29 is 5.11 Å². The average molecular weight is 178 g/mol. The van der Waals surface area contributed by atoms with Gasteiger partial charge in [-0.2, -0.15) is 0 Å². The molecule has 0 aromatic carbocycles. The van der Waals surface area contributed by atoms with E-state index in [0.29, 0.717) is 0 Å². The molecule has 70 valence electrons. The van der Waals surface area contributed by atoms with Gasteiger partial charge in [-0.05, 0) is 37.6 Å². The number of aliphatic hydroxyl groups is 1. The van der Waals surface area contributed by atoms with Crippen molar-refractivity contribution in [2.75, 3.05) is 6.54 Å². The van der Waals surface area contributed by atoms with E-state index in [9.17, 15) is 5.11 Å². The lowest BCUT2D eigenvalue weighted by molar-refractivity contribution is 0.107. The van der Waals surface area contributed by atoms with Crippen LogP contribution in [-0.4, -0.2) is 22.7 Å². The normalized spacial score (nSPS) is 33.5. The molecule has 0 spiro atoms. The first-order valence-corrected chi connectivity index (χ1v) is 4.57. The molecule has 13 heavy (non-hydrogen) atoms. The molecule has 1 fully saturated rings. The third kappa shape index (κ3) is 1.34. The summed E-state index contributed by atoms with van der Waals surface area (Å²) in [6.45, 7) is 2.90. The van der Waals surface area contributed by atoms with Crippen LogP contribution in [-0.2, 0) is 5.54 Å². The molecule has 2 atom stereocenters. The first kappa shape index (κ1) is 8.66. The average Bonchev–Trinajstić information content (AvgIpc) is 2.50. The summed E-state index contributed by atoms with van der Waals surface area (Å²) in [5.41, 5.74) is 0.815. The van der Waals surface area contributed by atoms with E-state index in [-0.39, 0.29) is 11.6 Å². The van der Waals surface area contributed by atoms with Crippen molar-refractivity contribution in [2.45, 2.75) is 25.0 Å². The monoisotopic (exact) mass is 178 g/mol. The van der Waals surface area contributed by atoms with Crippen LogP contribution in [0.15, 0.2) is 24.5 Å². The lowest BCUT2D eigenvalue weighted by atomic mass is 9.89. The summed E-state index contributed by atoms with van der Waals surface area (Å²) in [6, 6.07) is 3.89. The zero-order chi connectivity index (χ0) is 9.31. The van der Waals surface area contributed by atoms with Crippen LogP contribution in [0, 0.1) is 0 Å². The van der Waals surface area contributed by atoms with Gasteiger partial charge in [-0.25, -0.2) is 0 Å². The third-order valence-electron chi connectivity index (χ3n) is 2.86. The predicted molar refractivity (Wildman–Crippen MR) is 50.2 cm³/mol. The molecular weight excluding hydrogens is 164 g/mol. The van der Waals surface area contributed by atoms with Gasteiger partial charge in [0.1, 0.15) is 0 Å². The second-order valence-electron chi connectivity index (χ2n) is 3.67. The van der Waals surface area contributed by atoms with Gasteiger partial charge in [0.25, 0.3) is 0 Å². The standard InChI is InChI=1S/C10H14N2O/c1-10(9(13)4-7-12-10)8-2-5-11-6-3-8/h2-3,5-6,9,12-13H,4,7H2,1H3. The van der Waals surface area contributed by atoms with E-state index in [1.165, 1.54) is 0 Å². The molecule has 1 saturated heterocycles. The van der Waals surface area contributed by atoms with Crippen molar-refractivity contribution in [3.63, 3.8) is 0 Å². The summed E-state index contributed by atoms with van der Waals surface area (Å²) in [5.74, 6) is 0. The molecule has 2 unspecified atom stereocenters. The van der Waals surface area contributed by atoms with Gasteiger partial charge in [-0.1, -0.05) is 0 Å². The number of nitrogens with zero attached hydrogens (tertiary/aromatic N) is 1. The van der Waals surface area contributed by atoms with Crippen molar-refractivity contribution >= 4 is 0 Å². The van der Waals surface area contributed by atoms with Gasteiger partial charge in [0.05, 0.1) is 11.6 Å². The van der Waals surface area contributed by atoms with Gasteiger partial charge >= 0.3 is 0 Å². The molecule has 0 aliphatic carbocycles. The van der Waals surface area contributed by atoms with Crippen LogP contribution in [0.3, 0.4) is 0 Å². The Morgan fingerprint density at radius 2 is 2.23 bits per heavy atom. The van der Waals surface area contributed by atoms with E-state index in [4.69, 9.17) is 0 Å². The lowest BCUT2D eigenvalue weighted by Crippen LogP contribution is -2.41. The van der Waals surface area contributed by atoms with Crippen molar-refractivity contribution in [1.82, 2.24) is 10.3 Å². The van der Waals surface area contributed by atoms with Crippen molar-refractivity contribution in [3.8, 4) is 0 Å². The fourth-order valence-corrected chi connectivity index (χ4v) is 1.87. The number of aliphatic hydroxyl groups excluding tert-OH is 1. The highest BCUT2D eigenvalue weighted by atomic mass is 16.3. The zero-order valence-electron chi connectivity index (χ0n) is 7.70. The van der Waals surface area contributed by atoms with Crippen LogP contribution in [0.25, 0.3) is 0 Å². The highest BCUT2D eigenvalue weighted by Gasteiger charge is 2.38. The predicted octanol–water partition coefficient (Wildman–Crippen LogP) is 0.651. The van der Waals surface area contributed by atoms with E-state index in [1.807, 2.05) is 19.1 Å². The van der Waals surface area contributed by atoms with Crippen LogP contribution in [0.4, 0.5) is 0 Å². The smallest absolute Gasteiger partial charge is 0.0772 e. The molecule has 1 aromatic heterocycles. The molecule has 1 aliphatic heterocycles. The minimum atomic E-state index is -0.296. The lowest BCUT2D eigenvalue weighted by Gasteiger charge is -2.28. The minimum absolute atomic E-state index is 0.289. The summed E-state index contributed by atoms with van der Waals surface area (Å²) in [5, 5.41) is 13.1. The van der Waals surface area contributed by atoms with Crippen molar-refractivity contribution in [3.05, 3.63) is 30.1 Å². The van der Waals surface area contributed by atoms with Gasteiger partial charge in [0, 0.05) is 12.4 Å². The molecule has 2 N–H and O–H groups in total. The van der Waals surface area contributed by atoms with Crippen LogP contribution >= 0.6 is 0 Å². The Kier molecular flexibility index (Phi) is 2.06. The van der Waals surface area contributed by atoms with Gasteiger partial charge in [-0.15, -0.1) is 0 Å². The molecule has 3 heteroatoms. The second-order valence-corrected chi connectivity index (χ2v) is 3.67.